The molecule has 1 aromatic heterocycles. The molecule has 1 saturated heterocycles. The second kappa shape index (κ2) is 9.58. The highest BCUT2D eigenvalue weighted by atomic mass is 19.4. The Morgan fingerprint density at radius 1 is 1.00 bits per heavy atom. The summed E-state index contributed by atoms with van der Waals surface area (Å²) in [6, 6.07) is 14.7. The van der Waals surface area contributed by atoms with Crippen molar-refractivity contribution in [2.45, 2.75) is 19.8 Å². The minimum Gasteiger partial charge on any atom is -0.457 e. The molecule has 33 heavy (non-hydrogen) atoms. The first-order valence-corrected chi connectivity index (χ1v) is 10.5. The summed E-state index contributed by atoms with van der Waals surface area (Å²) in [6.07, 6.45) is -3.29. The van der Waals surface area contributed by atoms with Crippen molar-refractivity contribution in [3.8, 4) is 11.5 Å². The molecular formula is C24H23F3N2O4. The maximum atomic E-state index is 12.5. The lowest BCUT2D eigenvalue weighted by Crippen LogP contribution is -2.46. The van der Waals surface area contributed by atoms with Gasteiger partial charge >= 0.3 is 12.3 Å². The first-order valence-electron chi connectivity index (χ1n) is 10.5. The summed E-state index contributed by atoms with van der Waals surface area (Å²) in [5.41, 5.74) is 2.78. The van der Waals surface area contributed by atoms with Crippen LogP contribution < -0.4 is 14.4 Å². The maximum absolute atomic E-state index is 12.5. The number of hydrogen-bond acceptors (Lipinski definition) is 6. The highest BCUT2D eigenvalue weighted by molar-refractivity contribution is 5.88. The van der Waals surface area contributed by atoms with Crippen LogP contribution in [0.4, 0.5) is 18.9 Å². The van der Waals surface area contributed by atoms with Gasteiger partial charge in [-0.3, -0.25) is 4.90 Å². The fraction of sp³-hybridized carbons (Fsp3) is 0.292. The molecule has 0 radical (unpaired) electrons. The standard InChI is InChI=1S/C24H23F3N2O4/c1-17-7-8-19(32-23(30)22-6-3-13-31-22)15-21(17)29-11-9-28(10-12-29)16-18-4-2-5-20(14-18)33-24(25,26)27/h2-8,13-15H,9-12,16H2,1H3. The van der Waals surface area contributed by atoms with Crippen LogP contribution in [-0.2, 0) is 6.54 Å². The molecule has 2 heterocycles. The number of anilines is 1. The Hall–Kier alpha value is -3.46. The lowest BCUT2D eigenvalue weighted by atomic mass is 10.1. The molecule has 0 atom stereocenters. The lowest BCUT2D eigenvalue weighted by molar-refractivity contribution is -0.274. The van der Waals surface area contributed by atoms with Crippen LogP contribution in [0.2, 0.25) is 0 Å². The van der Waals surface area contributed by atoms with Gasteiger partial charge < -0.3 is 18.8 Å². The van der Waals surface area contributed by atoms with Gasteiger partial charge in [-0.1, -0.05) is 18.2 Å². The van der Waals surface area contributed by atoms with Crippen molar-refractivity contribution in [1.29, 1.82) is 0 Å². The molecule has 6 nitrogen and oxygen atoms in total. The van der Waals surface area contributed by atoms with Gasteiger partial charge in [0.15, 0.2) is 0 Å². The summed E-state index contributed by atoms with van der Waals surface area (Å²) in [7, 11) is 0. The Labute approximate surface area is 189 Å². The van der Waals surface area contributed by atoms with E-state index in [0.29, 0.717) is 12.3 Å². The van der Waals surface area contributed by atoms with E-state index in [0.717, 1.165) is 43.0 Å². The molecule has 0 saturated carbocycles. The predicted octanol–water partition coefficient (Wildman–Crippen LogP) is 5.03. The summed E-state index contributed by atoms with van der Waals surface area (Å²) in [4.78, 5) is 16.5. The van der Waals surface area contributed by atoms with Crippen molar-refractivity contribution in [3.63, 3.8) is 0 Å². The topological polar surface area (TPSA) is 55.2 Å². The number of furan rings is 1. The normalized spacial score (nSPS) is 14.8. The van der Waals surface area contributed by atoms with E-state index in [1.807, 2.05) is 19.1 Å². The van der Waals surface area contributed by atoms with Crippen LogP contribution in [0, 0.1) is 6.92 Å². The van der Waals surface area contributed by atoms with Gasteiger partial charge in [-0.25, -0.2) is 4.79 Å². The Bertz CT molecular complexity index is 1090. The van der Waals surface area contributed by atoms with E-state index in [1.54, 1.807) is 30.3 Å². The summed E-state index contributed by atoms with van der Waals surface area (Å²) in [5, 5.41) is 0. The fourth-order valence-electron chi connectivity index (χ4n) is 3.79. The van der Waals surface area contributed by atoms with Crippen molar-refractivity contribution in [2.24, 2.45) is 0 Å². The molecule has 9 heteroatoms. The molecule has 0 aliphatic carbocycles. The number of piperazine rings is 1. The van der Waals surface area contributed by atoms with E-state index < -0.39 is 12.3 Å². The highest BCUT2D eigenvalue weighted by Crippen LogP contribution is 2.28. The average Bonchev–Trinajstić information content (AvgIpc) is 3.30. The molecule has 0 amide bonds. The predicted molar refractivity (Wildman–Crippen MR) is 115 cm³/mol. The zero-order valence-corrected chi connectivity index (χ0v) is 18.0. The first-order chi connectivity index (χ1) is 15.8. The van der Waals surface area contributed by atoms with E-state index in [2.05, 4.69) is 14.5 Å². The van der Waals surface area contributed by atoms with Gasteiger partial charge in [0.05, 0.1) is 6.26 Å². The third-order valence-corrected chi connectivity index (χ3v) is 5.36. The van der Waals surface area contributed by atoms with Crippen molar-refractivity contribution < 1.29 is 31.9 Å². The van der Waals surface area contributed by atoms with Crippen LogP contribution >= 0.6 is 0 Å². The van der Waals surface area contributed by atoms with Crippen molar-refractivity contribution in [1.82, 2.24) is 4.90 Å². The lowest BCUT2D eigenvalue weighted by Gasteiger charge is -2.37. The molecule has 174 valence electrons. The molecule has 0 unspecified atom stereocenters. The third-order valence-electron chi connectivity index (χ3n) is 5.36. The van der Waals surface area contributed by atoms with Crippen molar-refractivity contribution >= 4 is 11.7 Å². The van der Waals surface area contributed by atoms with Gasteiger partial charge in [0.2, 0.25) is 5.76 Å². The number of halogens is 3. The monoisotopic (exact) mass is 460 g/mol. The maximum Gasteiger partial charge on any atom is 0.573 e. The summed E-state index contributed by atoms with van der Waals surface area (Å²) in [6.45, 7) is 5.46. The van der Waals surface area contributed by atoms with Crippen LogP contribution in [0.5, 0.6) is 11.5 Å². The number of rotatable bonds is 6. The summed E-state index contributed by atoms with van der Waals surface area (Å²) < 4.78 is 51.9. The first kappa shape index (κ1) is 22.7. The molecule has 1 aliphatic heterocycles. The van der Waals surface area contributed by atoms with E-state index in [-0.39, 0.29) is 11.5 Å². The minimum atomic E-state index is -4.71. The summed E-state index contributed by atoms with van der Waals surface area (Å²) in [5.74, 6) is -0.206. The SMILES string of the molecule is Cc1ccc(OC(=O)c2ccco2)cc1N1CCN(Cc2cccc(OC(F)(F)F)c2)CC1. The van der Waals surface area contributed by atoms with E-state index in [9.17, 15) is 18.0 Å². The number of ether oxygens (including phenoxy) is 2. The van der Waals surface area contributed by atoms with Crippen LogP contribution in [0.3, 0.4) is 0 Å². The van der Waals surface area contributed by atoms with E-state index in [4.69, 9.17) is 9.15 Å². The number of benzene rings is 2. The van der Waals surface area contributed by atoms with Crippen molar-refractivity contribution in [3.05, 3.63) is 77.7 Å². The van der Waals surface area contributed by atoms with Gasteiger partial charge in [-0.2, -0.15) is 0 Å². The van der Waals surface area contributed by atoms with Crippen LogP contribution in [0.25, 0.3) is 0 Å². The number of nitrogens with zero attached hydrogens (tertiary/aromatic N) is 2. The number of esters is 1. The number of alkyl halides is 3. The second-order valence-corrected chi connectivity index (χ2v) is 7.77. The van der Waals surface area contributed by atoms with Gasteiger partial charge in [-0.15, -0.1) is 13.2 Å². The Morgan fingerprint density at radius 2 is 1.79 bits per heavy atom. The smallest absolute Gasteiger partial charge is 0.457 e. The number of carbonyl (C=O) groups is 1. The molecule has 3 aromatic rings. The Morgan fingerprint density at radius 3 is 2.48 bits per heavy atom. The number of aryl methyl sites for hydroxylation is 1. The van der Waals surface area contributed by atoms with E-state index in [1.165, 1.54) is 18.4 Å². The van der Waals surface area contributed by atoms with Crippen LogP contribution in [-0.4, -0.2) is 43.4 Å². The Kier molecular flexibility index (Phi) is 6.60. The molecule has 0 N–H and O–H groups in total. The molecule has 0 bridgehead atoms. The minimum absolute atomic E-state index is 0.135. The van der Waals surface area contributed by atoms with Crippen molar-refractivity contribution in [2.75, 3.05) is 31.1 Å². The summed E-state index contributed by atoms with van der Waals surface area (Å²) >= 11 is 0. The molecule has 4 rings (SSSR count). The zero-order valence-electron chi connectivity index (χ0n) is 18.0. The number of hydrogen-bond donors (Lipinski definition) is 0. The van der Waals surface area contributed by atoms with Gasteiger partial charge in [0.25, 0.3) is 0 Å². The Balaban J connectivity index is 1.36. The molecule has 0 spiro atoms. The zero-order chi connectivity index (χ0) is 23.4. The third kappa shape index (κ3) is 6.07. The van der Waals surface area contributed by atoms with Gasteiger partial charge in [-0.05, 0) is 48.4 Å². The highest BCUT2D eigenvalue weighted by Gasteiger charge is 2.31. The van der Waals surface area contributed by atoms with Gasteiger partial charge in [0.1, 0.15) is 11.5 Å². The largest absolute Gasteiger partial charge is 0.573 e. The quantitative estimate of drug-likeness (QED) is 0.380. The average molecular weight is 460 g/mol. The number of carbonyl (C=O) groups excluding carboxylic acids is 1. The van der Waals surface area contributed by atoms with Crippen LogP contribution in [0.1, 0.15) is 21.7 Å². The fourth-order valence-corrected chi connectivity index (χ4v) is 3.79. The molecular weight excluding hydrogens is 437 g/mol. The van der Waals surface area contributed by atoms with E-state index >= 15 is 0 Å². The molecule has 2 aromatic carbocycles. The van der Waals surface area contributed by atoms with Crippen LogP contribution in [0.15, 0.2) is 65.3 Å². The van der Waals surface area contributed by atoms with Gasteiger partial charge in [0, 0.05) is 44.5 Å². The molecule has 1 aliphatic rings. The second-order valence-electron chi connectivity index (χ2n) is 7.77. The molecule has 1 fully saturated rings.